The Kier molecular flexibility index (Phi) is 7.63. The van der Waals surface area contributed by atoms with Gasteiger partial charge in [0.1, 0.15) is 11.5 Å². The van der Waals surface area contributed by atoms with Crippen LogP contribution in [-0.2, 0) is 6.42 Å². The number of aryl methyl sites for hydroxylation is 1. The molecule has 2 aromatic carbocycles. The number of fused-ring (bicyclic) bond motifs is 1. The summed E-state index contributed by atoms with van der Waals surface area (Å²) in [5.41, 5.74) is 4.25. The van der Waals surface area contributed by atoms with E-state index in [1.165, 1.54) is 0 Å². The fraction of sp³-hybridized carbons (Fsp3) is 0.207. The molecule has 0 saturated carbocycles. The lowest BCUT2D eigenvalue weighted by atomic mass is 9.91. The number of methoxy groups -OCH3 is 1. The topological polar surface area (TPSA) is 126 Å². The Morgan fingerprint density at radius 2 is 1.80 bits per heavy atom. The largest absolute Gasteiger partial charge is 0.497 e. The van der Waals surface area contributed by atoms with Crippen LogP contribution in [0.3, 0.4) is 0 Å². The molecular weight excluding hydrogens is 592 g/mol. The molecule has 0 saturated heterocycles. The molecular formula is C29H25BrN6O5. The first-order valence-corrected chi connectivity index (χ1v) is 13.6. The lowest BCUT2D eigenvalue weighted by Crippen LogP contribution is -2.07. The van der Waals surface area contributed by atoms with Crippen molar-refractivity contribution in [2.24, 2.45) is 0 Å². The molecule has 0 unspecified atom stereocenters. The number of rotatable bonds is 10. The molecule has 6 rings (SSSR count). The van der Waals surface area contributed by atoms with Crippen molar-refractivity contribution in [2.45, 2.75) is 19.8 Å². The van der Waals surface area contributed by atoms with Gasteiger partial charge in [-0.1, -0.05) is 12.1 Å². The Morgan fingerprint density at radius 1 is 0.976 bits per heavy atom. The van der Waals surface area contributed by atoms with Gasteiger partial charge in [-0.3, -0.25) is 0 Å². The van der Waals surface area contributed by atoms with Crippen LogP contribution in [0.4, 0.5) is 0 Å². The number of aromatic amines is 1. The van der Waals surface area contributed by atoms with Crippen molar-refractivity contribution in [3.8, 4) is 57.3 Å². The number of pyridine rings is 2. The highest BCUT2D eigenvalue weighted by Gasteiger charge is 2.25. The van der Waals surface area contributed by atoms with E-state index in [1.54, 1.807) is 31.5 Å². The minimum atomic E-state index is 0.169. The van der Waals surface area contributed by atoms with Gasteiger partial charge in [0.2, 0.25) is 24.4 Å². The molecule has 1 aliphatic rings. The first-order valence-electron chi connectivity index (χ1n) is 12.8. The van der Waals surface area contributed by atoms with E-state index >= 15 is 0 Å². The van der Waals surface area contributed by atoms with E-state index in [0.29, 0.717) is 53.4 Å². The predicted molar refractivity (Wildman–Crippen MR) is 153 cm³/mol. The molecule has 11 nitrogen and oxygen atoms in total. The Bertz CT molecular complexity index is 1650. The number of hydrogen-bond donors (Lipinski definition) is 1. The van der Waals surface area contributed by atoms with Crippen LogP contribution < -0.4 is 23.7 Å². The minimum absolute atomic E-state index is 0.169. The number of ether oxygens (including phenoxy) is 5. The minimum Gasteiger partial charge on any atom is -0.497 e. The summed E-state index contributed by atoms with van der Waals surface area (Å²) in [5.74, 6) is 3.81. The molecule has 5 aromatic rings. The maximum atomic E-state index is 6.36. The van der Waals surface area contributed by atoms with Gasteiger partial charge in [-0.15, -0.1) is 10.2 Å². The maximum Gasteiger partial charge on any atom is 0.231 e. The molecule has 3 aromatic heterocycles. The summed E-state index contributed by atoms with van der Waals surface area (Å²) in [7, 11) is 1.64. The van der Waals surface area contributed by atoms with E-state index in [4.69, 9.17) is 28.7 Å². The summed E-state index contributed by atoms with van der Waals surface area (Å²) in [4.78, 5) is 9.17. The van der Waals surface area contributed by atoms with E-state index in [9.17, 15) is 0 Å². The SMILES string of the molecule is COc1ccc(-c2c(CCCOc3ccc(Br)cn3)c(C)nc(Oc3ccc4c(c3)OCO4)c2-c2nn[nH]n2)cc1. The molecule has 0 aliphatic carbocycles. The third kappa shape index (κ3) is 5.78. The second-order valence-electron chi connectivity index (χ2n) is 9.08. The molecule has 4 heterocycles. The van der Waals surface area contributed by atoms with Gasteiger partial charge >= 0.3 is 0 Å². The smallest absolute Gasteiger partial charge is 0.231 e. The lowest BCUT2D eigenvalue weighted by molar-refractivity contribution is 0.174. The number of nitrogens with zero attached hydrogens (tertiary/aromatic N) is 5. The monoisotopic (exact) mass is 616 g/mol. The second kappa shape index (κ2) is 11.8. The molecule has 0 atom stereocenters. The number of benzene rings is 2. The standard InChI is InChI=1S/C29H25BrN6O5/c1-17-22(4-3-13-38-25-12-7-19(30)15-31-25)26(18-5-8-20(37-2)9-6-18)27(28-33-35-36-34-28)29(32-17)41-21-10-11-23-24(14-21)40-16-39-23/h5-12,14-15H,3-4,13,16H2,1-2H3,(H,33,34,35,36). The summed E-state index contributed by atoms with van der Waals surface area (Å²) in [6.07, 6.45) is 3.10. The molecule has 0 bridgehead atoms. The number of tetrazole rings is 1. The van der Waals surface area contributed by atoms with Gasteiger partial charge in [0.25, 0.3) is 0 Å². The molecule has 1 aliphatic heterocycles. The van der Waals surface area contributed by atoms with Crippen LogP contribution in [0.2, 0.25) is 0 Å². The molecule has 0 radical (unpaired) electrons. The molecule has 1 N–H and O–H groups in total. The Labute approximate surface area is 243 Å². The maximum absolute atomic E-state index is 6.36. The summed E-state index contributed by atoms with van der Waals surface area (Å²) < 4.78 is 29.5. The van der Waals surface area contributed by atoms with Crippen molar-refractivity contribution in [3.63, 3.8) is 0 Å². The van der Waals surface area contributed by atoms with Gasteiger partial charge in [-0.2, -0.15) is 5.21 Å². The molecule has 41 heavy (non-hydrogen) atoms. The number of H-pyrrole nitrogens is 1. The predicted octanol–water partition coefficient (Wildman–Crippen LogP) is 5.94. The number of aromatic nitrogens is 6. The van der Waals surface area contributed by atoms with Crippen molar-refractivity contribution in [2.75, 3.05) is 20.5 Å². The van der Waals surface area contributed by atoms with E-state index in [2.05, 4.69) is 41.5 Å². The van der Waals surface area contributed by atoms with Crippen molar-refractivity contribution < 1.29 is 23.7 Å². The third-order valence-corrected chi connectivity index (χ3v) is 6.97. The van der Waals surface area contributed by atoms with Gasteiger partial charge in [-0.05, 0) is 82.4 Å². The van der Waals surface area contributed by atoms with Crippen LogP contribution in [0, 0.1) is 6.92 Å². The molecule has 0 amide bonds. The van der Waals surface area contributed by atoms with Crippen molar-refractivity contribution in [3.05, 3.63) is 76.5 Å². The summed E-state index contributed by atoms with van der Waals surface area (Å²) in [6, 6.07) is 16.9. The van der Waals surface area contributed by atoms with Crippen LogP contribution in [0.5, 0.6) is 34.8 Å². The van der Waals surface area contributed by atoms with Crippen molar-refractivity contribution in [1.29, 1.82) is 0 Å². The highest BCUT2D eigenvalue weighted by molar-refractivity contribution is 9.10. The number of hydrogen-bond acceptors (Lipinski definition) is 10. The van der Waals surface area contributed by atoms with Crippen LogP contribution in [0.25, 0.3) is 22.5 Å². The second-order valence-corrected chi connectivity index (χ2v) is 9.99. The van der Waals surface area contributed by atoms with Gasteiger partial charge in [0, 0.05) is 34.1 Å². The summed E-state index contributed by atoms with van der Waals surface area (Å²) in [6.45, 7) is 2.61. The van der Waals surface area contributed by atoms with Gasteiger partial charge in [0.05, 0.1) is 19.3 Å². The van der Waals surface area contributed by atoms with Gasteiger partial charge in [0.15, 0.2) is 11.5 Å². The van der Waals surface area contributed by atoms with E-state index < -0.39 is 0 Å². The Balaban J connectivity index is 1.40. The summed E-state index contributed by atoms with van der Waals surface area (Å²) in [5, 5.41) is 15.0. The van der Waals surface area contributed by atoms with Crippen molar-refractivity contribution >= 4 is 15.9 Å². The molecule has 0 spiro atoms. The summed E-state index contributed by atoms with van der Waals surface area (Å²) >= 11 is 3.40. The zero-order valence-corrected chi connectivity index (χ0v) is 23.8. The highest BCUT2D eigenvalue weighted by Crippen LogP contribution is 2.44. The fourth-order valence-electron chi connectivity index (χ4n) is 4.57. The normalized spacial score (nSPS) is 11.9. The number of halogens is 1. The van der Waals surface area contributed by atoms with Crippen LogP contribution >= 0.6 is 15.9 Å². The Morgan fingerprint density at radius 3 is 2.56 bits per heavy atom. The first kappa shape index (κ1) is 26.5. The lowest BCUT2D eigenvalue weighted by Gasteiger charge is -2.19. The molecule has 208 valence electrons. The quantitative estimate of drug-likeness (QED) is 0.188. The molecule has 12 heteroatoms. The number of nitrogens with one attached hydrogen (secondary N) is 1. The average Bonchev–Trinajstić information content (AvgIpc) is 3.69. The van der Waals surface area contributed by atoms with E-state index in [0.717, 1.165) is 39.0 Å². The van der Waals surface area contributed by atoms with Gasteiger partial charge in [-0.25, -0.2) is 9.97 Å². The third-order valence-electron chi connectivity index (χ3n) is 6.50. The molecule has 0 fully saturated rings. The van der Waals surface area contributed by atoms with Crippen LogP contribution in [0.1, 0.15) is 17.7 Å². The average molecular weight is 617 g/mol. The first-order chi connectivity index (χ1) is 20.1. The zero-order chi connectivity index (χ0) is 28.2. The van der Waals surface area contributed by atoms with Gasteiger partial charge < -0.3 is 23.7 Å². The van der Waals surface area contributed by atoms with E-state index in [1.807, 2.05) is 43.3 Å². The zero-order valence-electron chi connectivity index (χ0n) is 22.3. The highest BCUT2D eigenvalue weighted by atomic mass is 79.9. The fourth-order valence-corrected chi connectivity index (χ4v) is 4.81. The van der Waals surface area contributed by atoms with E-state index in [-0.39, 0.29) is 6.79 Å². The Hall–Kier alpha value is -4.71. The van der Waals surface area contributed by atoms with Crippen molar-refractivity contribution in [1.82, 2.24) is 30.6 Å². The van der Waals surface area contributed by atoms with Crippen LogP contribution in [-0.4, -0.2) is 51.1 Å². The van der Waals surface area contributed by atoms with Crippen LogP contribution in [0.15, 0.2) is 65.3 Å².